The normalized spacial score (nSPS) is 10.5. The summed E-state index contributed by atoms with van der Waals surface area (Å²) in [5, 5.41) is 17.1. The van der Waals surface area contributed by atoms with Crippen molar-refractivity contribution < 1.29 is 34.1 Å². The number of benzene rings is 2. The zero-order valence-electron chi connectivity index (χ0n) is 13.6. The molecule has 2 rings (SSSR count). The van der Waals surface area contributed by atoms with E-state index in [2.05, 4.69) is 0 Å². The number of carboxylic acid groups (broad SMARTS) is 2. The van der Waals surface area contributed by atoms with Crippen molar-refractivity contribution in [3.05, 3.63) is 65.7 Å². The standard InChI is InChI=1S/C19H16O7/c20-17(14-4-8-16(9-5-14)26-12-19(23)24)10-3-13-1-6-15(7-2-13)25-11-18(21)22/h1-10H,11-12H2,(H,21,22)(H,23,24)/b10-3+. The highest BCUT2D eigenvalue weighted by atomic mass is 16.5. The molecule has 0 spiro atoms. The van der Waals surface area contributed by atoms with Gasteiger partial charge in [0.1, 0.15) is 11.5 Å². The van der Waals surface area contributed by atoms with E-state index in [1.807, 2.05) is 0 Å². The average molecular weight is 356 g/mol. The molecule has 0 radical (unpaired) electrons. The maximum Gasteiger partial charge on any atom is 0.341 e. The Balaban J connectivity index is 1.93. The van der Waals surface area contributed by atoms with Crippen molar-refractivity contribution in [2.75, 3.05) is 13.2 Å². The van der Waals surface area contributed by atoms with Crippen LogP contribution in [0.2, 0.25) is 0 Å². The second-order valence-electron chi connectivity index (χ2n) is 5.16. The molecule has 0 saturated heterocycles. The van der Waals surface area contributed by atoms with E-state index < -0.39 is 25.2 Å². The SMILES string of the molecule is O=C(O)COc1ccc(/C=C/C(=O)c2ccc(OCC(=O)O)cc2)cc1. The van der Waals surface area contributed by atoms with Gasteiger partial charge in [-0.3, -0.25) is 4.79 Å². The zero-order chi connectivity index (χ0) is 18.9. The second-order valence-corrected chi connectivity index (χ2v) is 5.16. The quantitative estimate of drug-likeness (QED) is 0.525. The van der Waals surface area contributed by atoms with Gasteiger partial charge in [-0.25, -0.2) is 9.59 Å². The van der Waals surface area contributed by atoms with Gasteiger partial charge in [0.05, 0.1) is 0 Å². The highest BCUT2D eigenvalue weighted by Gasteiger charge is 2.04. The van der Waals surface area contributed by atoms with Crippen LogP contribution in [-0.4, -0.2) is 41.1 Å². The molecule has 0 amide bonds. The van der Waals surface area contributed by atoms with Crippen LogP contribution in [0.5, 0.6) is 11.5 Å². The number of hydrogen-bond acceptors (Lipinski definition) is 5. The van der Waals surface area contributed by atoms with Crippen LogP contribution in [0.25, 0.3) is 6.08 Å². The predicted octanol–water partition coefficient (Wildman–Crippen LogP) is 2.51. The Morgan fingerprint density at radius 3 is 1.69 bits per heavy atom. The Morgan fingerprint density at radius 2 is 1.23 bits per heavy atom. The maximum atomic E-state index is 12.1. The number of ketones is 1. The number of carboxylic acids is 2. The molecule has 2 aromatic rings. The van der Waals surface area contributed by atoms with Gasteiger partial charge in [-0.2, -0.15) is 0 Å². The smallest absolute Gasteiger partial charge is 0.341 e. The Labute approximate surface area is 149 Å². The van der Waals surface area contributed by atoms with E-state index in [1.165, 1.54) is 18.2 Å². The second kappa shape index (κ2) is 9.03. The van der Waals surface area contributed by atoms with E-state index in [4.69, 9.17) is 19.7 Å². The van der Waals surface area contributed by atoms with Crippen LogP contribution in [0.15, 0.2) is 54.6 Å². The van der Waals surface area contributed by atoms with Gasteiger partial charge >= 0.3 is 11.9 Å². The summed E-state index contributed by atoms with van der Waals surface area (Å²) in [7, 11) is 0. The van der Waals surface area contributed by atoms with Crippen molar-refractivity contribution in [2.24, 2.45) is 0 Å². The number of carbonyl (C=O) groups excluding carboxylic acids is 1. The van der Waals surface area contributed by atoms with Gasteiger partial charge in [-0.1, -0.05) is 18.2 Å². The Morgan fingerprint density at radius 1 is 0.769 bits per heavy atom. The summed E-state index contributed by atoms with van der Waals surface area (Å²) in [5.41, 5.74) is 1.19. The topological polar surface area (TPSA) is 110 Å². The van der Waals surface area contributed by atoms with Gasteiger partial charge in [0.2, 0.25) is 0 Å². The molecule has 0 atom stereocenters. The summed E-state index contributed by atoms with van der Waals surface area (Å²) in [6, 6.07) is 12.8. The summed E-state index contributed by atoms with van der Waals surface area (Å²) in [6.07, 6.45) is 3.03. The molecule has 0 bridgehead atoms. The van der Waals surface area contributed by atoms with Gasteiger partial charge in [0.25, 0.3) is 0 Å². The van der Waals surface area contributed by atoms with E-state index in [0.717, 1.165) is 5.56 Å². The first-order chi connectivity index (χ1) is 12.4. The first-order valence-electron chi connectivity index (χ1n) is 7.56. The monoisotopic (exact) mass is 356 g/mol. The van der Waals surface area contributed by atoms with Crippen LogP contribution in [0.4, 0.5) is 0 Å². The van der Waals surface area contributed by atoms with Crippen LogP contribution < -0.4 is 9.47 Å². The Hall–Kier alpha value is -3.61. The first kappa shape index (κ1) is 18.7. The average Bonchev–Trinajstić information content (AvgIpc) is 2.64. The lowest BCUT2D eigenvalue weighted by atomic mass is 10.1. The molecule has 0 fully saturated rings. The number of aliphatic carboxylic acids is 2. The van der Waals surface area contributed by atoms with Crippen molar-refractivity contribution in [1.29, 1.82) is 0 Å². The number of rotatable bonds is 9. The molecule has 26 heavy (non-hydrogen) atoms. The van der Waals surface area contributed by atoms with Gasteiger partial charge in [-0.05, 0) is 48.0 Å². The minimum atomic E-state index is -1.08. The van der Waals surface area contributed by atoms with Crippen molar-refractivity contribution >= 4 is 23.8 Å². The third-order valence-electron chi connectivity index (χ3n) is 3.17. The minimum Gasteiger partial charge on any atom is -0.482 e. The van der Waals surface area contributed by atoms with Crippen molar-refractivity contribution in [3.63, 3.8) is 0 Å². The molecule has 0 unspecified atom stereocenters. The van der Waals surface area contributed by atoms with Gasteiger partial charge in [0.15, 0.2) is 19.0 Å². The van der Waals surface area contributed by atoms with Crippen molar-refractivity contribution in [3.8, 4) is 11.5 Å². The number of ether oxygens (including phenoxy) is 2. The third kappa shape index (κ3) is 6.12. The molecule has 7 nitrogen and oxygen atoms in total. The minimum absolute atomic E-state index is 0.221. The van der Waals surface area contributed by atoms with Crippen molar-refractivity contribution in [2.45, 2.75) is 0 Å². The van der Waals surface area contributed by atoms with E-state index in [1.54, 1.807) is 42.5 Å². The Kier molecular flexibility index (Phi) is 6.50. The first-order valence-corrected chi connectivity index (χ1v) is 7.56. The van der Waals surface area contributed by atoms with E-state index in [0.29, 0.717) is 17.1 Å². The fraction of sp³-hybridized carbons (Fsp3) is 0.105. The summed E-state index contributed by atoms with van der Waals surface area (Å²) < 4.78 is 10.0. The van der Waals surface area contributed by atoms with Gasteiger partial charge < -0.3 is 19.7 Å². The largest absolute Gasteiger partial charge is 0.482 e. The maximum absolute atomic E-state index is 12.1. The van der Waals surface area contributed by atoms with E-state index >= 15 is 0 Å². The third-order valence-corrected chi connectivity index (χ3v) is 3.17. The summed E-state index contributed by atoms with van der Waals surface area (Å²) in [5.74, 6) is -1.56. The van der Waals surface area contributed by atoms with Crippen molar-refractivity contribution in [1.82, 2.24) is 0 Å². The lowest BCUT2D eigenvalue weighted by Gasteiger charge is -2.04. The molecule has 0 aliphatic heterocycles. The molecule has 0 saturated carbocycles. The molecule has 2 aromatic carbocycles. The molecular weight excluding hydrogens is 340 g/mol. The number of carbonyl (C=O) groups is 3. The molecule has 0 aliphatic carbocycles. The van der Waals surface area contributed by atoms with Gasteiger partial charge in [0, 0.05) is 5.56 Å². The molecular formula is C19H16O7. The molecule has 7 heteroatoms. The van der Waals surface area contributed by atoms with Crippen LogP contribution >= 0.6 is 0 Å². The molecule has 0 aliphatic rings. The van der Waals surface area contributed by atoms with Crippen LogP contribution in [-0.2, 0) is 9.59 Å². The van der Waals surface area contributed by atoms with E-state index in [-0.39, 0.29) is 5.78 Å². The summed E-state index contributed by atoms with van der Waals surface area (Å²) >= 11 is 0. The molecule has 0 heterocycles. The highest BCUT2D eigenvalue weighted by Crippen LogP contribution is 2.15. The number of hydrogen-bond donors (Lipinski definition) is 2. The molecule has 0 aromatic heterocycles. The van der Waals surface area contributed by atoms with Crippen LogP contribution in [0.3, 0.4) is 0 Å². The van der Waals surface area contributed by atoms with Gasteiger partial charge in [-0.15, -0.1) is 0 Å². The number of allylic oxidation sites excluding steroid dienone is 1. The van der Waals surface area contributed by atoms with Crippen LogP contribution in [0.1, 0.15) is 15.9 Å². The fourth-order valence-electron chi connectivity index (χ4n) is 1.95. The molecule has 2 N–H and O–H groups in total. The predicted molar refractivity (Wildman–Crippen MR) is 92.5 cm³/mol. The zero-order valence-corrected chi connectivity index (χ0v) is 13.6. The highest BCUT2D eigenvalue weighted by molar-refractivity contribution is 6.06. The fourth-order valence-corrected chi connectivity index (χ4v) is 1.95. The van der Waals surface area contributed by atoms with Crippen LogP contribution in [0, 0.1) is 0 Å². The summed E-state index contributed by atoms with van der Waals surface area (Å²) in [4.78, 5) is 33.0. The summed E-state index contributed by atoms with van der Waals surface area (Å²) in [6.45, 7) is -0.862. The lowest BCUT2D eigenvalue weighted by Crippen LogP contribution is -2.09. The molecule has 134 valence electrons. The van der Waals surface area contributed by atoms with E-state index in [9.17, 15) is 14.4 Å². The lowest BCUT2D eigenvalue weighted by molar-refractivity contribution is -0.140. The Bertz CT molecular complexity index is 805.